The van der Waals surface area contributed by atoms with Gasteiger partial charge in [-0.25, -0.2) is 13.8 Å². The van der Waals surface area contributed by atoms with Crippen molar-refractivity contribution in [2.75, 3.05) is 17.7 Å². The fraction of sp³-hybridized carbons (Fsp3) is 0.615. The van der Waals surface area contributed by atoms with Gasteiger partial charge < -0.3 is 10.6 Å². The van der Waals surface area contributed by atoms with E-state index in [-0.39, 0.29) is 17.7 Å². The van der Waals surface area contributed by atoms with Crippen LogP contribution in [0.3, 0.4) is 0 Å². The summed E-state index contributed by atoms with van der Waals surface area (Å²) in [6.45, 7) is 2.23. The second-order valence-electron chi connectivity index (χ2n) is 5.19. The first-order valence-electron chi connectivity index (χ1n) is 6.33. The van der Waals surface area contributed by atoms with Gasteiger partial charge >= 0.3 is 0 Å². The quantitative estimate of drug-likeness (QED) is 0.883. The minimum atomic E-state index is -0.804. The second kappa shape index (κ2) is 5.08. The van der Waals surface area contributed by atoms with E-state index in [0.717, 1.165) is 37.7 Å². The van der Waals surface area contributed by atoms with Gasteiger partial charge in [-0.15, -0.1) is 0 Å². The van der Waals surface area contributed by atoms with Crippen LogP contribution in [0.25, 0.3) is 0 Å². The third-order valence-corrected chi connectivity index (χ3v) is 3.81. The van der Waals surface area contributed by atoms with Crippen molar-refractivity contribution in [3.8, 4) is 0 Å². The maximum Gasteiger partial charge on any atom is 0.168 e. The first kappa shape index (κ1) is 13.1. The first-order valence-corrected chi connectivity index (χ1v) is 6.33. The third-order valence-electron chi connectivity index (χ3n) is 3.81. The Labute approximate surface area is 106 Å². The van der Waals surface area contributed by atoms with Crippen molar-refractivity contribution in [1.29, 1.82) is 0 Å². The van der Waals surface area contributed by atoms with Crippen molar-refractivity contribution in [3.63, 3.8) is 0 Å². The smallest absolute Gasteiger partial charge is 0.168 e. The van der Waals surface area contributed by atoms with Crippen LogP contribution in [0.2, 0.25) is 0 Å². The van der Waals surface area contributed by atoms with E-state index in [4.69, 9.17) is 5.73 Å². The van der Waals surface area contributed by atoms with Crippen LogP contribution in [-0.4, -0.2) is 18.1 Å². The van der Waals surface area contributed by atoms with Gasteiger partial charge in [0.2, 0.25) is 0 Å². The standard InChI is InChI=1S/C13H19F2N3/c1-8-3-5-9(6-4-8)18(2)13-11(15)7-10(14)12(16)17-13/h7-9H,3-6H2,1-2H3,(H2,16,17). The van der Waals surface area contributed by atoms with Crippen molar-refractivity contribution in [2.24, 2.45) is 5.92 Å². The molecule has 0 spiro atoms. The van der Waals surface area contributed by atoms with Gasteiger partial charge in [-0.05, 0) is 31.6 Å². The van der Waals surface area contributed by atoms with Gasteiger partial charge in [-0.1, -0.05) is 6.92 Å². The molecule has 1 saturated carbocycles. The molecule has 100 valence electrons. The number of pyridine rings is 1. The number of halogens is 2. The van der Waals surface area contributed by atoms with E-state index in [1.807, 2.05) is 0 Å². The summed E-state index contributed by atoms with van der Waals surface area (Å²) in [7, 11) is 1.80. The van der Waals surface area contributed by atoms with E-state index in [1.54, 1.807) is 11.9 Å². The maximum atomic E-state index is 13.7. The molecular formula is C13H19F2N3. The molecule has 1 aromatic heterocycles. The molecule has 1 aliphatic carbocycles. The van der Waals surface area contributed by atoms with Gasteiger partial charge in [0, 0.05) is 19.2 Å². The second-order valence-corrected chi connectivity index (χ2v) is 5.19. The molecule has 18 heavy (non-hydrogen) atoms. The van der Waals surface area contributed by atoms with Crippen molar-refractivity contribution < 1.29 is 8.78 Å². The Hall–Kier alpha value is -1.39. The molecule has 0 unspecified atom stereocenters. The van der Waals surface area contributed by atoms with Crippen molar-refractivity contribution in [2.45, 2.75) is 38.6 Å². The molecule has 0 amide bonds. The van der Waals surface area contributed by atoms with Crippen LogP contribution in [0.5, 0.6) is 0 Å². The lowest BCUT2D eigenvalue weighted by Crippen LogP contribution is -2.36. The number of nitrogens with zero attached hydrogens (tertiary/aromatic N) is 2. The fourth-order valence-corrected chi connectivity index (χ4v) is 2.52. The average Bonchev–Trinajstić information content (AvgIpc) is 2.34. The normalized spacial score (nSPS) is 24.0. The highest BCUT2D eigenvalue weighted by Crippen LogP contribution is 2.30. The van der Waals surface area contributed by atoms with E-state index in [9.17, 15) is 8.78 Å². The lowest BCUT2D eigenvalue weighted by molar-refractivity contribution is 0.338. The van der Waals surface area contributed by atoms with Crippen LogP contribution in [0.4, 0.5) is 20.4 Å². The van der Waals surface area contributed by atoms with Crippen LogP contribution in [-0.2, 0) is 0 Å². The van der Waals surface area contributed by atoms with Crippen LogP contribution in [0, 0.1) is 17.6 Å². The molecule has 1 fully saturated rings. The molecule has 0 radical (unpaired) electrons. The topological polar surface area (TPSA) is 42.2 Å². The molecule has 3 nitrogen and oxygen atoms in total. The molecule has 1 aromatic rings. The summed E-state index contributed by atoms with van der Waals surface area (Å²) in [5, 5.41) is 0. The maximum absolute atomic E-state index is 13.7. The lowest BCUT2D eigenvalue weighted by atomic mass is 9.87. The van der Waals surface area contributed by atoms with E-state index in [1.165, 1.54) is 0 Å². The molecule has 0 aromatic carbocycles. The summed E-state index contributed by atoms with van der Waals surface area (Å²) >= 11 is 0. The van der Waals surface area contributed by atoms with E-state index in [0.29, 0.717) is 0 Å². The predicted octanol–water partition coefficient (Wildman–Crippen LogP) is 2.96. The van der Waals surface area contributed by atoms with Gasteiger partial charge in [-0.3, -0.25) is 0 Å². The SMILES string of the molecule is CC1CCC(N(C)c2nc(N)c(F)cc2F)CC1. The number of aromatic nitrogens is 1. The van der Waals surface area contributed by atoms with Crippen LogP contribution in [0.1, 0.15) is 32.6 Å². The highest BCUT2D eigenvalue weighted by molar-refractivity contribution is 5.47. The number of anilines is 2. The molecule has 2 N–H and O–H groups in total. The number of hydrogen-bond donors (Lipinski definition) is 1. The molecule has 0 aliphatic heterocycles. The minimum absolute atomic E-state index is 0.147. The van der Waals surface area contributed by atoms with Gasteiger partial charge in [-0.2, -0.15) is 0 Å². The highest BCUT2D eigenvalue weighted by atomic mass is 19.1. The van der Waals surface area contributed by atoms with E-state index >= 15 is 0 Å². The zero-order chi connectivity index (χ0) is 13.3. The fourth-order valence-electron chi connectivity index (χ4n) is 2.52. The van der Waals surface area contributed by atoms with Gasteiger partial charge in [0.05, 0.1) is 0 Å². The van der Waals surface area contributed by atoms with Gasteiger partial charge in [0.1, 0.15) is 0 Å². The highest BCUT2D eigenvalue weighted by Gasteiger charge is 2.25. The Bertz CT molecular complexity index is 428. The minimum Gasteiger partial charge on any atom is -0.381 e. The summed E-state index contributed by atoms with van der Waals surface area (Å²) in [6.07, 6.45) is 4.28. The largest absolute Gasteiger partial charge is 0.381 e. The Morgan fingerprint density at radius 3 is 2.44 bits per heavy atom. The Kier molecular flexibility index (Phi) is 3.68. The molecule has 0 saturated heterocycles. The number of nitrogen functional groups attached to an aromatic ring is 1. The molecule has 5 heteroatoms. The van der Waals surface area contributed by atoms with E-state index < -0.39 is 11.6 Å². The zero-order valence-electron chi connectivity index (χ0n) is 10.8. The first-order chi connectivity index (χ1) is 8.49. The number of nitrogens with two attached hydrogens (primary N) is 1. The molecular weight excluding hydrogens is 236 g/mol. The Balaban J connectivity index is 2.18. The van der Waals surface area contributed by atoms with Crippen LogP contribution >= 0.6 is 0 Å². The molecule has 0 bridgehead atoms. The lowest BCUT2D eigenvalue weighted by Gasteiger charge is -2.34. The van der Waals surface area contributed by atoms with Crippen molar-refractivity contribution in [1.82, 2.24) is 4.98 Å². The van der Waals surface area contributed by atoms with Crippen LogP contribution < -0.4 is 10.6 Å². The predicted molar refractivity (Wildman–Crippen MR) is 68.4 cm³/mol. The molecule has 0 atom stereocenters. The molecule has 1 heterocycles. The summed E-state index contributed by atoms with van der Waals surface area (Å²) < 4.78 is 26.8. The Morgan fingerprint density at radius 1 is 1.22 bits per heavy atom. The van der Waals surface area contributed by atoms with Crippen molar-refractivity contribution >= 4 is 11.6 Å². The summed E-state index contributed by atoms with van der Waals surface area (Å²) in [4.78, 5) is 5.61. The molecule has 1 aliphatic rings. The van der Waals surface area contributed by atoms with Gasteiger partial charge in [0.25, 0.3) is 0 Å². The van der Waals surface area contributed by atoms with Gasteiger partial charge in [0.15, 0.2) is 23.3 Å². The number of hydrogen-bond acceptors (Lipinski definition) is 3. The molecule has 2 rings (SSSR count). The van der Waals surface area contributed by atoms with E-state index in [2.05, 4.69) is 11.9 Å². The summed E-state index contributed by atoms with van der Waals surface area (Å²) in [6, 6.07) is 1.06. The van der Waals surface area contributed by atoms with Crippen molar-refractivity contribution in [3.05, 3.63) is 17.7 Å². The monoisotopic (exact) mass is 255 g/mol. The summed E-state index contributed by atoms with van der Waals surface area (Å²) in [5.41, 5.74) is 5.40. The summed E-state index contributed by atoms with van der Waals surface area (Å²) in [5.74, 6) is -0.827. The zero-order valence-corrected chi connectivity index (χ0v) is 10.8. The third kappa shape index (κ3) is 2.54. The Morgan fingerprint density at radius 2 is 1.83 bits per heavy atom. The van der Waals surface area contributed by atoms with Crippen LogP contribution in [0.15, 0.2) is 6.07 Å². The average molecular weight is 255 g/mol. The number of rotatable bonds is 2.